The topological polar surface area (TPSA) is 29.9 Å². The summed E-state index contributed by atoms with van der Waals surface area (Å²) in [4.78, 5) is 0. The Balaban J connectivity index is 1.97. The molecule has 19 heavy (non-hydrogen) atoms. The van der Waals surface area contributed by atoms with Gasteiger partial charge in [-0.2, -0.15) is 5.10 Å². The first kappa shape index (κ1) is 12.7. The summed E-state index contributed by atoms with van der Waals surface area (Å²) < 4.78 is 1.98. The number of nitrogens with one attached hydrogen (secondary N) is 1. The van der Waals surface area contributed by atoms with Crippen LogP contribution in [0, 0.1) is 13.8 Å². The molecule has 1 aromatic heterocycles. The van der Waals surface area contributed by atoms with Crippen molar-refractivity contribution in [2.45, 2.75) is 39.3 Å². The summed E-state index contributed by atoms with van der Waals surface area (Å²) in [5, 5.41) is 8.85. The Morgan fingerprint density at radius 2 is 2.11 bits per heavy atom. The van der Waals surface area contributed by atoms with E-state index in [1.807, 2.05) is 23.7 Å². The standard InChI is InChI=1S/C15H18ClN3/c1-10-7-11(2)19(18-10)15-8-13(16)4-3-12(15)9-17-14-5-6-14/h3-4,7-8,14,17H,5-6,9H2,1-2H3. The summed E-state index contributed by atoms with van der Waals surface area (Å²) in [5.41, 5.74) is 4.47. The number of rotatable bonds is 4. The number of halogens is 1. The number of aryl methyl sites for hydroxylation is 2. The molecule has 3 rings (SSSR count). The molecule has 1 heterocycles. The SMILES string of the molecule is Cc1cc(C)n(-c2cc(Cl)ccc2CNC2CC2)n1. The maximum absolute atomic E-state index is 6.14. The van der Waals surface area contributed by atoms with Gasteiger partial charge < -0.3 is 5.32 Å². The smallest absolute Gasteiger partial charge is 0.0708 e. The number of nitrogens with zero attached hydrogens (tertiary/aromatic N) is 2. The van der Waals surface area contributed by atoms with Crippen molar-refractivity contribution in [3.63, 3.8) is 0 Å². The van der Waals surface area contributed by atoms with E-state index in [0.717, 1.165) is 28.6 Å². The molecule has 0 spiro atoms. The van der Waals surface area contributed by atoms with Gasteiger partial charge >= 0.3 is 0 Å². The minimum absolute atomic E-state index is 0.698. The molecule has 100 valence electrons. The third kappa shape index (κ3) is 2.82. The van der Waals surface area contributed by atoms with Gasteiger partial charge in [-0.3, -0.25) is 0 Å². The fourth-order valence-electron chi connectivity index (χ4n) is 2.30. The van der Waals surface area contributed by atoms with Crippen molar-refractivity contribution in [3.05, 3.63) is 46.2 Å². The minimum atomic E-state index is 0.698. The Morgan fingerprint density at radius 1 is 1.32 bits per heavy atom. The molecule has 0 unspecified atom stereocenters. The van der Waals surface area contributed by atoms with Crippen molar-refractivity contribution in [2.75, 3.05) is 0 Å². The zero-order valence-corrected chi connectivity index (χ0v) is 12.0. The second-order valence-corrected chi connectivity index (χ2v) is 5.70. The van der Waals surface area contributed by atoms with E-state index in [1.165, 1.54) is 18.4 Å². The van der Waals surface area contributed by atoms with Crippen molar-refractivity contribution in [3.8, 4) is 5.69 Å². The fraction of sp³-hybridized carbons (Fsp3) is 0.400. The fourth-order valence-corrected chi connectivity index (χ4v) is 2.46. The zero-order chi connectivity index (χ0) is 13.4. The second-order valence-electron chi connectivity index (χ2n) is 5.27. The predicted octanol–water partition coefficient (Wildman–Crippen LogP) is 3.39. The van der Waals surface area contributed by atoms with Gasteiger partial charge in [-0.15, -0.1) is 0 Å². The lowest BCUT2D eigenvalue weighted by Crippen LogP contribution is -2.17. The zero-order valence-electron chi connectivity index (χ0n) is 11.3. The number of aromatic nitrogens is 2. The van der Waals surface area contributed by atoms with E-state index in [9.17, 15) is 0 Å². The molecule has 0 saturated heterocycles. The Bertz CT molecular complexity index is 599. The molecule has 0 radical (unpaired) electrons. The van der Waals surface area contributed by atoms with Gasteiger partial charge in [-0.25, -0.2) is 4.68 Å². The van der Waals surface area contributed by atoms with E-state index in [1.54, 1.807) is 0 Å². The molecule has 3 nitrogen and oxygen atoms in total. The van der Waals surface area contributed by atoms with Crippen LogP contribution in [0.3, 0.4) is 0 Å². The predicted molar refractivity (Wildman–Crippen MR) is 77.9 cm³/mol. The molecule has 2 aromatic rings. The molecule has 0 amide bonds. The van der Waals surface area contributed by atoms with Crippen molar-refractivity contribution in [1.29, 1.82) is 0 Å². The van der Waals surface area contributed by atoms with Crippen LogP contribution in [0.15, 0.2) is 24.3 Å². The van der Waals surface area contributed by atoms with Crippen LogP contribution in [0.1, 0.15) is 29.8 Å². The van der Waals surface area contributed by atoms with Gasteiger partial charge in [-0.1, -0.05) is 17.7 Å². The van der Waals surface area contributed by atoms with Crippen LogP contribution in [0.2, 0.25) is 5.02 Å². The van der Waals surface area contributed by atoms with E-state index in [-0.39, 0.29) is 0 Å². The lowest BCUT2D eigenvalue weighted by Gasteiger charge is -2.12. The number of hydrogen-bond donors (Lipinski definition) is 1. The van der Waals surface area contributed by atoms with Gasteiger partial charge in [0.2, 0.25) is 0 Å². The molecule has 0 bridgehead atoms. The largest absolute Gasteiger partial charge is 0.310 e. The van der Waals surface area contributed by atoms with Gasteiger partial charge in [0.1, 0.15) is 0 Å². The van der Waals surface area contributed by atoms with Gasteiger partial charge in [0.15, 0.2) is 0 Å². The molecule has 0 aliphatic heterocycles. The summed E-state index contributed by atoms with van der Waals surface area (Å²) in [5.74, 6) is 0. The summed E-state index contributed by atoms with van der Waals surface area (Å²) in [6, 6.07) is 8.80. The maximum atomic E-state index is 6.14. The van der Waals surface area contributed by atoms with Gasteiger partial charge in [-0.05, 0) is 50.5 Å². The quantitative estimate of drug-likeness (QED) is 0.927. The van der Waals surface area contributed by atoms with Crippen LogP contribution in [0.4, 0.5) is 0 Å². The van der Waals surface area contributed by atoms with Crippen molar-refractivity contribution in [2.24, 2.45) is 0 Å². The lowest BCUT2D eigenvalue weighted by molar-refractivity contribution is 0.679. The van der Waals surface area contributed by atoms with Gasteiger partial charge in [0.25, 0.3) is 0 Å². The summed E-state index contributed by atoms with van der Waals surface area (Å²) >= 11 is 6.14. The first-order valence-electron chi connectivity index (χ1n) is 6.69. The van der Waals surface area contributed by atoms with Gasteiger partial charge in [0, 0.05) is 23.3 Å². The Hall–Kier alpha value is -1.32. The molecule has 4 heteroatoms. The Labute approximate surface area is 118 Å². The van der Waals surface area contributed by atoms with Gasteiger partial charge in [0.05, 0.1) is 11.4 Å². The highest BCUT2D eigenvalue weighted by molar-refractivity contribution is 6.30. The second kappa shape index (κ2) is 4.99. The normalized spacial score (nSPS) is 14.9. The van der Waals surface area contributed by atoms with Crippen LogP contribution >= 0.6 is 11.6 Å². The molecule has 1 N–H and O–H groups in total. The maximum Gasteiger partial charge on any atom is 0.0708 e. The minimum Gasteiger partial charge on any atom is -0.310 e. The summed E-state index contributed by atoms with van der Waals surface area (Å²) in [6.07, 6.45) is 2.59. The highest BCUT2D eigenvalue weighted by Crippen LogP contribution is 2.24. The van der Waals surface area contributed by atoms with Crippen LogP contribution < -0.4 is 5.32 Å². The highest BCUT2D eigenvalue weighted by atomic mass is 35.5. The molecule has 1 fully saturated rings. The van der Waals surface area contributed by atoms with E-state index in [0.29, 0.717) is 6.04 Å². The monoisotopic (exact) mass is 275 g/mol. The van der Waals surface area contributed by atoms with Crippen LogP contribution in [0.5, 0.6) is 0 Å². The first-order valence-corrected chi connectivity index (χ1v) is 7.07. The summed E-state index contributed by atoms with van der Waals surface area (Å²) in [7, 11) is 0. The van der Waals surface area contributed by atoms with Crippen LogP contribution in [0.25, 0.3) is 5.69 Å². The van der Waals surface area contributed by atoms with E-state index in [4.69, 9.17) is 11.6 Å². The Kier molecular flexibility index (Phi) is 3.33. The third-order valence-corrected chi connectivity index (χ3v) is 3.68. The van der Waals surface area contributed by atoms with E-state index >= 15 is 0 Å². The molecular weight excluding hydrogens is 258 g/mol. The molecule has 0 atom stereocenters. The van der Waals surface area contributed by atoms with Crippen molar-refractivity contribution in [1.82, 2.24) is 15.1 Å². The lowest BCUT2D eigenvalue weighted by atomic mass is 10.1. The molecule has 1 aliphatic carbocycles. The van der Waals surface area contributed by atoms with Crippen LogP contribution in [-0.2, 0) is 6.54 Å². The van der Waals surface area contributed by atoms with Crippen molar-refractivity contribution >= 4 is 11.6 Å². The van der Waals surface area contributed by atoms with Crippen LogP contribution in [-0.4, -0.2) is 15.8 Å². The highest BCUT2D eigenvalue weighted by Gasteiger charge is 2.21. The van der Waals surface area contributed by atoms with E-state index in [2.05, 4.69) is 29.5 Å². The van der Waals surface area contributed by atoms with Crippen molar-refractivity contribution < 1.29 is 0 Å². The average molecular weight is 276 g/mol. The first-order chi connectivity index (χ1) is 9.13. The number of hydrogen-bond acceptors (Lipinski definition) is 2. The summed E-state index contributed by atoms with van der Waals surface area (Å²) in [6.45, 7) is 4.95. The molecular formula is C15H18ClN3. The molecule has 1 aromatic carbocycles. The number of benzene rings is 1. The van der Waals surface area contributed by atoms with E-state index < -0.39 is 0 Å². The molecule has 1 saturated carbocycles. The third-order valence-electron chi connectivity index (χ3n) is 3.44. The average Bonchev–Trinajstić information content (AvgIpc) is 3.13. The molecule has 1 aliphatic rings. The Morgan fingerprint density at radius 3 is 2.74 bits per heavy atom.